The molecule has 1 fully saturated rings. The highest BCUT2D eigenvalue weighted by Crippen LogP contribution is 2.25. The van der Waals surface area contributed by atoms with E-state index < -0.39 is 0 Å². The second-order valence-corrected chi connectivity index (χ2v) is 5.21. The van der Waals surface area contributed by atoms with E-state index >= 15 is 0 Å². The first-order chi connectivity index (χ1) is 8.72. The number of rotatable bonds is 4. The molecule has 0 atom stereocenters. The van der Waals surface area contributed by atoms with Gasteiger partial charge in [0.25, 0.3) is 0 Å². The highest BCUT2D eigenvalue weighted by molar-refractivity contribution is 5.66. The summed E-state index contributed by atoms with van der Waals surface area (Å²) in [4.78, 5) is 0. The summed E-state index contributed by atoms with van der Waals surface area (Å²) in [6.07, 6.45) is 6.67. The van der Waals surface area contributed by atoms with Crippen LogP contribution in [0.3, 0.4) is 0 Å². The van der Waals surface area contributed by atoms with Crippen molar-refractivity contribution >= 4 is 0 Å². The molecule has 1 heterocycles. The van der Waals surface area contributed by atoms with E-state index in [2.05, 4.69) is 41.7 Å². The molecule has 1 aromatic heterocycles. The van der Waals surface area contributed by atoms with E-state index in [1.54, 1.807) is 0 Å². The topological polar surface area (TPSA) is 29.9 Å². The van der Waals surface area contributed by atoms with Gasteiger partial charge < -0.3 is 5.32 Å². The predicted molar refractivity (Wildman–Crippen MR) is 73.2 cm³/mol. The normalized spacial score (nSPS) is 15.0. The summed E-state index contributed by atoms with van der Waals surface area (Å²) in [5.74, 6) is 0. The molecule has 1 aromatic carbocycles. The summed E-state index contributed by atoms with van der Waals surface area (Å²) in [6.45, 7) is 3.12. The zero-order valence-electron chi connectivity index (χ0n) is 11.0. The molecule has 2 aromatic rings. The number of benzene rings is 1. The van der Waals surface area contributed by atoms with Gasteiger partial charge in [0.2, 0.25) is 0 Å². The Balaban J connectivity index is 1.85. The maximum Gasteiger partial charge on any atom is 0.0568 e. The van der Waals surface area contributed by atoms with E-state index in [9.17, 15) is 0 Å². The van der Waals surface area contributed by atoms with Crippen LogP contribution in [0.2, 0.25) is 0 Å². The van der Waals surface area contributed by atoms with Crippen molar-refractivity contribution in [3.05, 3.63) is 41.7 Å². The van der Waals surface area contributed by atoms with Crippen molar-refractivity contribution in [2.24, 2.45) is 7.05 Å². The minimum Gasteiger partial charge on any atom is -0.310 e. The Morgan fingerprint density at radius 3 is 2.89 bits per heavy atom. The van der Waals surface area contributed by atoms with Crippen LogP contribution in [0.4, 0.5) is 0 Å². The van der Waals surface area contributed by atoms with Gasteiger partial charge in [0.1, 0.15) is 0 Å². The average Bonchev–Trinajstić information content (AvgIpc) is 3.10. The lowest BCUT2D eigenvalue weighted by atomic mass is 10.0. The Labute approximate surface area is 108 Å². The first-order valence-electron chi connectivity index (χ1n) is 6.54. The molecule has 18 heavy (non-hydrogen) atoms. The smallest absolute Gasteiger partial charge is 0.0568 e. The summed E-state index contributed by atoms with van der Waals surface area (Å²) in [5.41, 5.74) is 5.14. The maximum absolute atomic E-state index is 4.25. The Morgan fingerprint density at radius 1 is 1.39 bits per heavy atom. The molecule has 0 saturated heterocycles. The van der Waals surface area contributed by atoms with Gasteiger partial charge in [0.15, 0.2) is 0 Å². The number of hydrogen-bond donors (Lipinski definition) is 1. The minimum atomic E-state index is 0.758. The Bertz CT molecular complexity index is 553. The van der Waals surface area contributed by atoms with Crippen molar-refractivity contribution in [1.29, 1.82) is 0 Å². The van der Waals surface area contributed by atoms with Crippen LogP contribution >= 0.6 is 0 Å². The lowest BCUT2D eigenvalue weighted by Crippen LogP contribution is -2.15. The molecule has 0 bridgehead atoms. The van der Waals surface area contributed by atoms with E-state index in [1.165, 1.54) is 35.1 Å². The molecule has 1 N–H and O–H groups in total. The Hall–Kier alpha value is -1.61. The van der Waals surface area contributed by atoms with Gasteiger partial charge in [-0.3, -0.25) is 4.68 Å². The van der Waals surface area contributed by atoms with Gasteiger partial charge in [-0.25, -0.2) is 0 Å². The molecule has 0 aliphatic heterocycles. The molecular weight excluding hydrogens is 222 g/mol. The first kappa shape index (κ1) is 11.5. The zero-order valence-corrected chi connectivity index (χ0v) is 11.0. The molecule has 1 saturated carbocycles. The van der Waals surface area contributed by atoms with Gasteiger partial charge >= 0.3 is 0 Å². The maximum atomic E-state index is 4.25. The van der Waals surface area contributed by atoms with E-state index in [-0.39, 0.29) is 0 Å². The standard InChI is InChI=1S/C15H19N3/c1-11-3-4-12(8-16-14-5-6-14)7-15(11)13-9-17-18(2)10-13/h3-4,7,9-10,14,16H,5-6,8H2,1-2H3. The molecule has 0 unspecified atom stereocenters. The van der Waals surface area contributed by atoms with Crippen molar-refractivity contribution in [2.75, 3.05) is 0 Å². The highest BCUT2D eigenvalue weighted by Gasteiger charge is 2.20. The fraction of sp³-hybridized carbons (Fsp3) is 0.400. The largest absolute Gasteiger partial charge is 0.310 e. The quantitative estimate of drug-likeness (QED) is 0.892. The summed E-state index contributed by atoms with van der Waals surface area (Å²) in [6, 6.07) is 7.45. The summed E-state index contributed by atoms with van der Waals surface area (Å²) in [5, 5.41) is 7.80. The third kappa shape index (κ3) is 2.46. The fourth-order valence-electron chi connectivity index (χ4n) is 2.20. The van der Waals surface area contributed by atoms with Crippen molar-refractivity contribution in [2.45, 2.75) is 32.4 Å². The predicted octanol–water partition coefficient (Wildman–Crippen LogP) is 2.65. The van der Waals surface area contributed by atoms with Crippen LogP contribution in [0, 0.1) is 6.92 Å². The van der Waals surface area contributed by atoms with Gasteiger partial charge in [0.05, 0.1) is 6.20 Å². The SMILES string of the molecule is Cc1ccc(CNC2CC2)cc1-c1cnn(C)c1. The lowest BCUT2D eigenvalue weighted by Gasteiger charge is -2.08. The average molecular weight is 241 g/mol. The molecule has 3 heteroatoms. The number of aromatic nitrogens is 2. The van der Waals surface area contributed by atoms with Crippen LogP contribution in [0.1, 0.15) is 24.0 Å². The van der Waals surface area contributed by atoms with Crippen LogP contribution in [0.5, 0.6) is 0 Å². The Kier molecular flexibility index (Phi) is 2.92. The molecular formula is C15H19N3. The molecule has 1 aliphatic rings. The van der Waals surface area contributed by atoms with E-state index in [1.807, 2.05) is 17.9 Å². The molecule has 0 spiro atoms. The third-order valence-electron chi connectivity index (χ3n) is 3.49. The van der Waals surface area contributed by atoms with Crippen molar-refractivity contribution in [3.8, 4) is 11.1 Å². The van der Waals surface area contributed by atoms with Crippen molar-refractivity contribution in [1.82, 2.24) is 15.1 Å². The summed E-state index contributed by atoms with van der Waals surface area (Å²) >= 11 is 0. The van der Waals surface area contributed by atoms with Crippen molar-refractivity contribution < 1.29 is 0 Å². The molecule has 1 aliphatic carbocycles. The second-order valence-electron chi connectivity index (χ2n) is 5.21. The molecule has 0 radical (unpaired) electrons. The Morgan fingerprint density at radius 2 is 2.22 bits per heavy atom. The van der Waals surface area contributed by atoms with E-state index in [4.69, 9.17) is 0 Å². The van der Waals surface area contributed by atoms with Crippen molar-refractivity contribution in [3.63, 3.8) is 0 Å². The van der Waals surface area contributed by atoms with Crippen LogP contribution in [-0.2, 0) is 13.6 Å². The first-order valence-corrected chi connectivity index (χ1v) is 6.54. The zero-order chi connectivity index (χ0) is 12.5. The van der Waals surface area contributed by atoms with Gasteiger partial charge in [-0.1, -0.05) is 12.1 Å². The molecule has 94 valence electrons. The third-order valence-corrected chi connectivity index (χ3v) is 3.49. The molecule has 3 nitrogen and oxygen atoms in total. The van der Waals surface area contributed by atoms with Crippen LogP contribution in [0.15, 0.2) is 30.6 Å². The highest BCUT2D eigenvalue weighted by atomic mass is 15.2. The number of hydrogen-bond acceptors (Lipinski definition) is 2. The molecule has 0 amide bonds. The van der Waals surface area contributed by atoms with Gasteiger partial charge in [-0.2, -0.15) is 5.10 Å². The van der Waals surface area contributed by atoms with Crippen LogP contribution in [0.25, 0.3) is 11.1 Å². The minimum absolute atomic E-state index is 0.758. The number of nitrogens with one attached hydrogen (secondary N) is 1. The summed E-state index contributed by atoms with van der Waals surface area (Å²) in [7, 11) is 1.96. The number of aryl methyl sites for hydroxylation is 2. The van der Waals surface area contributed by atoms with E-state index in [0.717, 1.165) is 12.6 Å². The second kappa shape index (κ2) is 4.58. The van der Waals surface area contributed by atoms with Crippen LogP contribution < -0.4 is 5.32 Å². The van der Waals surface area contributed by atoms with Gasteiger partial charge in [0, 0.05) is 31.4 Å². The fourth-order valence-corrected chi connectivity index (χ4v) is 2.20. The monoisotopic (exact) mass is 241 g/mol. The number of nitrogens with zero attached hydrogens (tertiary/aromatic N) is 2. The summed E-state index contributed by atoms with van der Waals surface area (Å²) < 4.78 is 1.85. The molecule has 3 rings (SSSR count). The van der Waals surface area contributed by atoms with Gasteiger partial charge in [-0.05, 0) is 42.5 Å². The van der Waals surface area contributed by atoms with Crippen LogP contribution in [-0.4, -0.2) is 15.8 Å². The van der Waals surface area contributed by atoms with Gasteiger partial charge in [-0.15, -0.1) is 0 Å². The lowest BCUT2D eigenvalue weighted by molar-refractivity contribution is 0.688. The van der Waals surface area contributed by atoms with E-state index in [0.29, 0.717) is 0 Å².